The normalized spacial score (nSPS) is 44.7. The molecule has 62 valence electrons. The Labute approximate surface area is 73.1 Å². The van der Waals surface area contributed by atoms with Gasteiger partial charge in [-0.3, -0.25) is 0 Å². The average Bonchev–Trinajstić information content (AvgIpc) is 2.37. The van der Waals surface area contributed by atoms with Gasteiger partial charge in [0.15, 0.2) is 0 Å². The van der Waals surface area contributed by atoms with Gasteiger partial charge in [-0.25, -0.2) is 0 Å². The maximum atomic E-state index is 2.30. The fourth-order valence-corrected chi connectivity index (χ4v) is 4.14. The highest BCUT2D eigenvalue weighted by atomic mass is 32.2. The van der Waals surface area contributed by atoms with Crippen LogP contribution in [0, 0.1) is 11.8 Å². The summed E-state index contributed by atoms with van der Waals surface area (Å²) in [6, 6.07) is 0. The lowest BCUT2D eigenvalue weighted by Crippen LogP contribution is -2.25. The minimum Gasteiger partial charge on any atom is -0.152 e. The first-order valence-electron chi connectivity index (χ1n) is 5.10. The number of hydrogen-bond acceptors (Lipinski definition) is 1. The lowest BCUT2D eigenvalue weighted by atomic mass is 9.76. The third-order valence-electron chi connectivity index (χ3n) is 3.79. The molecule has 1 heteroatoms. The second-order valence-corrected chi connectivity index (χ2v) is 5.81. The molecule has 2 saturated carbocycles. The molecule has 1 aliphatic heterocycles. The number of rotatable bonds is 2. The first-order valence-corrected chi connectivity index (χ1v) is 6.05. The van der Waals surface area contributed by atoms with Gasteiger partial charge < -0.3 is 0 Å². The van der Waals surface area contributed by atoms with Crippen LogP contribution in [0.15, 0.2) is 0 Å². The molecule has 2 aliphatic carbocycles. The highest BCUT2D eigenvalue weighted by molar-refractivity contribution is 8.07. The Morgan fingerprint density at radius 3 is 1.45 bits per heavy atom. The smallest absolute Gasteiger partial charge is 0.0200 e. The molecule has 3 aliphatic rings. The van der Waals surface area contributed by atoms with Crippen molar-refractivity contribution in [1.82, 2.24) is 0 Å². The second-order valence-electron chi connectivity index (χ2n) is 4.45. The van der Waals surface area contributed by atoms with Crippen molar-refractivity contribution >= 4 is 11.8 Å². The van der Waals surface area contributed by atoms with Crippen LogP contribution in [0.5, 0.6) is 0 Å². The predicted octanol–water partition coefficient (Wildman–Crippen LogP) is 3.07. The standard InChI is InChI=1S/C10H16S/c1-3-7(4-1)9-10(11-9)8-5-2-6-8/h7-10H,1-6H2. The zero-order valence-corrected chi connectivity index (χ0v) is 7.78. The van der Waals surface area contributed by atoms with Crippen molar-refractivity contribution in [2.75, 3.05) is 0 Å². The van der Waals surface area contributed by atoms with Crippen molar-refractivity contribution in [2.24, 2.45) is 11.8 Å². The van der Waals surface area contributed by atoms with E-state index in [1.807, 2.05) is 0 Å². The Bertz CT molecular complexity index is 140. The summed E-state index contributed by atoms with van der Waals surface area (Å²) in [5.74, 6) is 2.32. The Hall–Kier alpha value is 0.350. The topological polar surface area (TPSA) is 0 Å². The van der Waals surface area contributed by atoms with E-state index in [-0.39, 0.29) is 0 Å². The van der Waals surface area contributed by atoms with E-state index in [0.29, 0.717) is 0 Å². The molecule has 0 aromatic rings. The van der Waals surface area contributed by atoms with Gasteiger partial charge in [-0.15, -0.1) is 0 Å². The maximum Gasteiger partial charge on any atom is 0.0200 e. The molecule has 11 heavy (non-hydrogen) atoms. The van der Waals surface area contributed by atoms with E-state index in [4.69, 9.17) is 0 Å². The predicted molar refractivity (Wildman–Crippen MR) is 49.8 cm³/mol. The van der Waals surface area contributed by atoms with E-state index in [0.717, 1.165) is 22.3 Å². The quantitative estimate of drug-likeness (QED) is 0.571. The van der Waals surface area contributed by atoms with Gasteiger partial charge in [0.1, 0.15) is 0 Å². The van der Waals surface area contributed by atoms with Gasteiger partial charge in [0.2, 0.25) is 0 Å². The largest absolute Gasteiger partial charge is 0.152 e. The summed E-state index contributed by atoms with van der Waals surface area (Å²) in [6.45, 7) is 0. The maximum absolute atomic E-state index is 2.30. The number of thioether (sulfide) groups is 1. The lowest BCUT2D eigenvalue weighted by molar-refractivity contribution is 0.266. The molecule has 1 heterocycles. The molecule has 2 atom stereocenters. The van der Waals surface area contributed by atoms with Crippen LogP contribution in [0.4, 0.5) is 0 Å². The van der Waals surface area contributed by atoms with E-state index in [1.54, 1.807) is 25.7 Å². The molecule has 0 spiro atoms. The van der Waals surface area contributed by atoms with E-state index < -0.39 is 0 Å². The third-order valence-corrected chi connectivity index (χ3v) is 5.46. The van der Waals surface area contributed by atoms with E-state index in [9.17, 15) is 0 Å². The van der Waals surface area contributed by atoms with Gasteiger partial charge in [-0.05, 0) is 37.5 Å². The fraction of sp³-hybridized carbons (Fsp3) is 1.00. The zero-order valence-electron chi connectivity index (χ0n) is 6.96. The average molecular weight is 168 g/mol. The van der Waals surface area contributed by atoms with E-state index in [2.05, 4.69) is 11.8 Å². The van der Waals surface area contributed by atoms with Crippen molar-refractivity contribution in [3.8, 4) is 0 Å². The van der Waals surface area contributed by atoms with Gasteiger partial charge in [0, 0.05) is 10.5 Å². The monoisotopic (exact) mass is 168 g/mol. The van der Waals surface area contributed by atoms with Crippen LogP contribution in [0.25, 0.3) is 0 Å². The minimum atomic E-state index is 1.13. The van der Waals surface area contributed by atoms with Gasteiger partial charge in [0.05, 0.1) is 0 Å². The van der Waals surface area contributed by atoms with Gasteiger partial charge in [-0.1, -0.05) is 12.8 Å². The summed E-state index contributed by atoms with van der Waals surface area (Å²) in [5, 5.41) is 2.27. The molecule has 0 bridgehead atoms. The summed E-state index contributed by atoms with van der Waals surface area (Å²) >= 11 is 2.30. The molecule has 0 N–H and O–H groups in total. The Morgan fingerprint density at radius 2 is 1.18 bits per heavy atom. The highest BCUT2D eigenvalue weighted by Crippen LogP contribution is 2.58. The van der Waals surface area contributed by atoms with E-state index in [1.165, 1.54) is 12.8 Å². The molecule has 0 nitrogen and oxygen atoms in total. The molecule has 0 aromatic heterocycles. The van der Waals surface area contributed by atoms with Gasteiger partial charge in [-0.2, -0.15) is 11.8 Å². The summed E-state index contributed by atoms with van der Waals surface area (Å²) in [7, 11) is 0. The van der Waals surface area contributed by atoms with Gasteiger partial charge >= 0.3 is 0 Å². The molecule has 1 saturated heterocycles. The van der Waals surface area contributed by atoms with Crippen LogP contribution < -0.4 is 0 Å². The van der Waals surface area contributed by atoms with Crippen LogP contribution in [-0.4, -0.2) is 10.5 Å². The first kappa shape index (κ1) is 6.82. The molecular formula is C10H16S. The molecule has 0 amide bonds. The SMILES string of the molecule is C1CC(C2SC2C2CCC2)C1. The highest BCUT2D eigenvalue weighted by Gasteiger charge is 2.50. The molecule has 0 aromatic carbocycles. The van der Waals surface area contributed by atoms with Crippen molar-refractivity contribution in [3.05, 3.63) is 0 Å². The van der Waals surface area contributed by atoms with Crippen LogP contribution in [0.2, 0.25) is 0 Å². The van der Waals surface area contributed by atoms with Crippen molar-refractivity contribution in [3.63, 3.8) is 0 Å². The van der Waals surface area contributed by atoms with Crippen LogP contribution in [0.3, 0.4) is 0 Å². The van der Waals surface area contributed by atoms with Crippen molar-refractivity contribution in [1.29, 1.82) is 0 Å². The summed E-state index contributed by atoms with van der Waals surface area (Å²) in [5.41, 5.74) is 0. The Morgan fingerprint density at radius 1 is 0.727 bits per heavy atom. The molecule has 3 fully saturated rings. The Kier molecular flexibility index (Phi) is 1.50. The fourth-order valence-electron chi connectivity index (χ4n) is 2.43. The summed E-state index contributed by atoms with van der Waals surface area (Å²) < 4.78 is 0. The zero-order chi connectivity index (χ0) is 7.26. The van der Waals surface area contributed by atoms with Crippen LogP contribution in [0.1, 0.15) is 38.5 Å². The Balaban J connectivity index is 1.52. The molecule has 3 rings (SSSR count). The summed E-state index contributed by atoms with van der Waals surface area (Å²) in [6.07, 6.45) is 9.28. The van der Waals surface area contributed by atoms with Crippen LogP contribution >= 0.6 is 11.8 Å². The van der Waals surface area contributed by atoms with Crippen molar-refractivity contribution in [2.45, 2.75) is 49.0 Å². The van der Waals surface area contributed by atoms with Crippen LogP contribution in [-0.2, 0) is 0 Å². The molecule has 2 unspecified atom stereocenters. The third kappa shape index (κ3) is 1.04. The van der Waals surface area contributed by atoms with Crippen molar-refractivity contribution < 1.29 is 0 Å². The molecular weight excluding hydrogens is 152 g/mol. The lowest BCUT2D eigenvalue weighted by Gasteiger charge is -2.28. The summed E-state index contributed by atoms with van der Waals surface area (Å²) in [4.78, 5) is 0. The number of hydrogen-bond donors (Lipinski definition) is 0. The first-order chi connectivity index (χ1) is 5.45. The van der Waals surface area contributed by atoms with E-state index >= 15 is 0 Å². The van der Waals surface area contributed by atoms with Gasteiger partial charge in [0.25, 0.3) is 0 Å². The minimum absolute atomic E-state index is 1.13. The molecule has 0 radical (unpaired) electrons. The second kappa shape index (κ2) is 2.42.